The summed E-state index contributed by atoms with van der Waals surface area (Å²) in [6.45, 7) is 6.18. The molecule has 0 aliphatic rings. The fourth-order valence-corrected chi connectivity index (χ4v) is 9.79. The van der Waals surface area contributed by atoms with Gasteiger partial charge in [0.1, 0.15) is 0 Å². The van der Waals surface area contributed by atoms with Gasteiger partial charge < -0.3 is 0 Å². The third-order valence-corrected chi connectivity index (χ3v) is 11.7. The molecule has 0 saturated carbocycles. The van der Waals surface area contributed by atoms with Crippen LogP contribution in [0, 0.1) is 0 Å². The van der Waals surface area contributed by atoms with Crippen LogP contribution in [0.25, 0.3) is 66.5 Å². The van der Waals surface area contributed by atoms with Crippen LogP contribution in [0.3, 0.4) is 0 Å². The fourth-order valence-electron chi connectivity index (χ4n) is 7.14. The summed E-state index contributed by atoms with van der Waals surface area (Å²) in [5.41, 5.74) is -1.72. The fraction of sp³-hybridized carbons (Fsp3) is 0.0732. The number of rotatable bonds is 4. The second-order valence-electron chi connectivity index (χ2n) is 12.0. The molecule has 0 nitrogen and oxygen atoms in total. The van der Waals surface area contributed by atoms with Crippen LogP contribution in [0.5, 0.6) is 0 Å². The quantitative estimate of drug-likeness (QED) is 0.1000. The Labute approximate surface area is 272 Å². The van der Waals surface area contributed by atoms with Crippen LogP contribution in [-0.2, 0) is 12.4 Å². The van der Waals surface area contributed by atoms with Gasteiger partial charge in [0, 0.05) is 0 Å². The van der Waals surface area contributed by atoms with Crippen LogP contribution in [0.4, 0.5) is 26.3 Å². The zero-order chi connectivity index (χ0) is 33.5. The molecule has 1 unspecified atom stereocenters. The monoisotopic (exact) mass is 662 g/mol. The summed E-state index contributed by atoms with van der Waals surface area (Å²) in [5, 5.41) is 11.3. The van der Waals surface area contributed by atoms with E-state index in [1.807, 2.05) is 110 Å². The zero-order valence-corrected chi connectivity index (χ0v) is 26.4. The molecule has 0 aliphatic heterocycles. The number of allylic oxidation sites excluding steroid dienone is 1. The van der Waals surface area contributed by atoms with E-state index in [0.29, 0.717) is 10.6 Å². The van der Waals surface area contributed by atoms with E-state index in [0.717, 1.165) is 76.8 Å². The second kappa shape index (κ2) is 10.8. The van der Waals surface area contributed by atoms with Gasteiger partial charge in [0.15, 0.2) is 0 Å². The van der Waals surface area contributed by atoms with Gasteiger partial charge in [-0.2, -0.15) is 26.3 Å². The molecular formula is C41H25F6P. The molecule has 0 aromatic heterocycles. The highest BCUT2D eigenvalue weighted by atomic mass is 31.1. The predicted molar refractivity (Wildman–Crippen MR) is 189 cm³/mol. The van der Waals surface area contributed by atoms with E-state index in [1.54, 1.807) is 0 Å². The standard InChI is InChI=1S/C41H25F6P/c1-3-5-24-12-16-32-34(18-14-27-9-8-23(2)36(24)38(27)32)48(31-21-29(40(42,43)44)20-30(22-31)41(45,46)47)35-19-15-28-11-10-25-6-4-7-26-13-17-33(35)39(28)37(25)26/h3-22H,2H2,1H3/b5-3-. The molecule has 0 aliphatic carbocycles. The molecule has 1 atom stereocenters. The summed E-state index contributed by atoms with van der Waals surface area (Å²) in [4.78, 5) is 0. The average molecular weight is 663 g/mol. The maximum atomic E-state index is 14.3. The summed E-state index contributed by atoms with van der Waals surface area (Å²) in [7, 11) is -1.96. The van der Waals surface area contributed by atoms with Crippen LogP contribution in [0.2, 0.25) is 0 Å². The van der Waals surface area contributed by atoms with E-state index >= 15 is 0 Å². The molecule has 0 bridgehead atoms. The summed E-state index contributed by atoms with van der Waals surface area (Å²) in [6.07, 6.45) is -6.07. The largest absolute Gasteiger partial charge is 0.416 e. The van der Waals surface area contributed by atoms with Gasteiger partial charge in [-0.3, -0.25) is 0 Å². The lowest BCUT2D eigenvalue weighted by molar-refractivity contribution is -0.142. The second-order valence-corrected chi connectivity index (χ2v) is 14.2. The highest BCUT2D eigenvalue weighted by Gasteiger charge is 2.38. The van der Waals surface area contributed by atoms with Crippen LogP contribution in [0.1, 0.15) is 23.6 Å². The molecule has 0 saturated heterocycles. The SMILES string of the molecule is C=c1ccc2ccc(P(c3cc(C(F)(F)F)cc(C(F)(F)F)c3)c3ccc4ccc5cccc6ccc3c4c56)c3ccc(/C=C\C)c1c23. The van der Waals surface area contributed by atoms with E-state index < -0.39 is 31.4 Å². The van der Waals surface area contributed by atoms with Gasteiger partial charge in [0.25, 0.3) is 0 Å². The number of benzene rings is 8. The third kappa shape index (κ3) is 4.73. The Balaban J connectivity index is 1.54. The van der Waals surface area contributed by atoms with E-state index in [-0.39, 0.29) is 11.4 Å². The van der Waals surface area contributed by atoms with E-state index in [9.17, 15) is 26.3 Å². The van der Waals surface area contributed by atoms with Crippen molar-refractivity contribution < 1.29 is 26.3 Å². The first-order chi connectivity index (χ1) is 22.9. The number of alkyl halides is 6. The van der Waals surface area contributed by atoms with Gasteiger partial charge in [-0.15, -0.1) is 0 Å². The Hall–Kier alpha value is -4.93. The van der Waals surface area contributed by atoms with Crippen molar-refractivity contribution in [3.63, 3.8) is 0 Å². The lowest BCUT2D eigenvalue weighted by Gasteiger charge is -2.26. The van der Waals surface area contributed by atoms with Gasteiger partial charge >= 0.3 is 12.4 Å². The summed E-state index contributed by atoms with van der Waals surface area (Å²) in [6, 6.07) is 31.3. The van der Waals surface area contributed by atoms with Crippen molar-refractivity contribution >= 4 is 90.4 Å². The number of halogens is 6. The Morgan fingerprint density at radius 2 is 1.02 bits per heavy atom. The molecule has 8 aromatic rings. The maximum absolute atomic E-state index is 14.3. The minimum Gasteiger partial charge on any atom is -0.166 e. The van der Waals surface area contributed by atoms with Crippen molar-refractivity contribution in [3.05, 3.63) is 137 Å². The molecule has 0 amide bonds. The van der Waals surface area contributed by atoms with Crippen molar-refractivity contribution in [2.24, 2.45) is 0 Å². The van der Waals surface area contributed by atoms with Crippen molar-refractivity contribution in [2.75, 3.05) is 0 Å². The molecule has 0 fully saturated rings. The van der Waals surface area contributed by atoms with E-state index in [1.165, 1.54) is 0 Å². The third-order valence-electron chi connectivity index (χ3n) is 9.17. The average Bonchev–Trinajstić information content (AvgIpc) is 3.06. The Morgan fingerprint density at radius 1 is 0.542 bits per heavy atom. The highest BCUT2D eigenvalue weighted by Crippen LogP contribution is 2.45. The molecule has 0 radical (unpaired) electrons. The smallest absolute Gasteiger partial charge is 0.166 e. The molecule has 236 valence electrons. The van der Waals surface area contributed by atoms with E-state index in [4.69, 9.17) is 0 Å². The van der Waals surface area contributed by atoms with Gasteiger partial charge in [0.05, 0.1) is 11.1 Å². The van der Waals surface area contributed by atoms with Gasteiger partial charge in [-0.25, -0.2) is 0 Å². The molecule has 8 aromatic carbocycles. The van der Waals surface area contributed by atoms with Crippen LogP contribution >= 0.6 is 7.92 Å². The first kappa shape index (κ1) is 30.4. The number of hydrogen-bond acceptors (Lipinski definition) is 0. The van der Waals surface area contributed by atoms with Gasteiger partial charge in [-0.05, 0) is 114 Å². The van der Waals surface area contributed by atoms with Gasteiger partial charge in [0.2, 0.25) is 0 Å². The molecule has 48 heavy (non-hydrogen) atoms. The van der Waals surface area contributed by atoms with Crippen LogP contribution in [-0.4, -0.2) is 0 Å². The molecule has 0 N–H and O–H groups in total. The summed E-state index contributed by atoms with van der Waals surface area (Å²) < 4.78 is 85.9. The minimum atomic E-state index is -4.98. The Kier molecular flexibility index (Phi) is 6.84. The lowest BCUT2D eigenvalue weighted by Crippen LogP contribution is -2.25. The van der Waals surface area contributed by atoms with Crippen LogP contribution in [0.15, 0.2) is 115 Å². The normalized spacial score (nSPS) is 13.6. The van der Waals surface area contributed by atoms with E-state index in [2.05, 4.69) is 6.58 Å². The molecule has 0 spiro atoms. The Morgan fingerprint density at radius 3 is 1.58 bits per heavy atom. The highest BCUT2D eigenvalue weighted by molar-refractivity contribution is 7.80. The summed E-state index contributed by atoms with van der Waals surface area (Å²) in [5.74, 6) is 0. The lowest BCUT2D eigenvalue weighted by atomic mass is 9.94. The molecule has 7 heteroatoms. The van der Waals surface area contributed by atoms with Crippen molar-refractivity contribution in [3.8, 4) is 0 Å². The number of hydrogen-bond donors (Lipinski definition) is 0. The first-order valence-corrected chi connectivity index (χ1v) is 16.6. The maximum Gasteiger partial charge on any atom is 0.416 e. The first-order valence-electron chi connectivity index (χ1n) is 15.3. The van der Waals surface area contributed by atoms with Crippen molar-refractivity contribution in [1.29, 1.82) is 0 Å². The van der Waals surface area contributed by atoms with Gasteiger partial charge in [-0.1, -0.05) is 110 Å². The summed E-state index contributed by atoms with van der Waals surface area (Å²) >= 11 is 0. The minimum absolute atomic E-state index is 0.0262. The molecular weight excluding hydrogens is 637 g/mol. The Bertz CT molecular complexity index is 2580. The predicted octanol–water partition coefficient (Wildman–Crippen LogP) is 10.8. The van der Waals surface area contributed by atoms with Crippen molar-refractivity contribution in [2.45, 2.75) is 19.3 Å². The topological polar surface area (TPSA) is 0 Å². The van der Waals surface area contributed by atoms with Crippen LogP contribution < -0.4 is 21.1 Å². The zero-order valence-electron chi connectivity index (χ0n) is 25.5. The molecule has 0 heterocycles. The molecule has 8 rings (SSSR count). The van der Waals surface area contributed by atoms with Crippen molar-refractivity contribution in [1.82, 2.24) is 0 Å².